The van der Waals surface area contributed by atoms with Crippen molar-refractivity contribution in [3.8, 4) is 0 Å². The standard InChI is InChI=1S/C19H22BrNO2/c20-17-8-4-7-16(9-17)18-11-21(12-19(18,13-22)14-23)10-15-5-2-1-3-6-15/h1-9,18,22-23H,10-14H2. The van der Waals surface area contributed by atoms with E-state index in [9.17, 15) is 10.2 Å². The molecule has 3 nitrogen and oxygen atoms in total. The van der Waals surface area contributed by atoms with Crippen molar-refractivity contribution in [1.82, 2.24) is 4.90 Å². The molecule has 1 aliphatic heterocycles. The van der Waals surface area contributed by atoms with Gasteiger partial charge in [-0.15, -0.1) is 0 Å². The van der Waals surface area contributed by atoms with Gasteiger partial charge in [-0.05, 0) is 23.3 Å². The fraction of sp³-hybridized carbons (Fsp3) is 0.368. The summed E-state index contributed by atoms with van der Waals surface area (Å²) in [5.41, 5.74) is 1.93. The van der Waals surface area contributed by atoms with Crippen LogP contribution in [0.1, 0.15) is 17.0 Å². The predicted octanol–water partition coefficient (Wildman–Crippen LogP) is 3.02. The lowest BCUT2D eigenvalue weighted by Gasteiger charge is -2.31. The molecule has 1 saturated heterocycles. The van der Waals surface area contributed by atoms with Crippen molar-refractivity contribution in [2.75, 3.05) is 26.3 Å². The highest BCUT2D eigenvalue weighted by molar-refractivity contribution is 9.10. The molecular formula is C19H22BrNO2. The Morgan fingerprint density at radius 1 is 1.04 bits per heavy atom. The second-order valence-corrected chi connectivity index (χ2v) is 7.36. The third-order valence-corrected chi connectivity index (χ3v) is 5.34. The number of hydrogen-bond donors (Lipinski definition) is 2. The summed E-state index contributed by atoms with van der Waals surface area (Å²) in [6.45, 7) is 2.36. The molecule has 1 heterocycles. The van der Waals surface area contributed by atoms with Gasteiger partial charge in [0, 0.05) is 35.4 Å². The second kappa shape index (κ2) is 7.14. The Morgan fingerprint density at radius 3 is 2.43 bits per heavy atom. The SMILES string of the molecule is OCC1(CO)CN(Cc2ccccc2)CC1c1cccc(Br)c1. The molecule has 1 fully saturated rings. The van der Waals surface area contributed by atoms with E-state index in [0.717, 1.165) is 23.1 Å². The van der Waals surface area contributed by atoms with E-state index in [1.807, 2.05) is 30.3 Å². The van der Waals surface area contributed by atoms with Crippen LogP contribution in [-0.4, -0.2) is 41.4 Å². The fourth-order valence-corrected chi connectivity index (χ4v) is 4.00. The Morgan fingerprint density at radius 2 is 1.78 bits per heavy atom. The highest BCUT2D eigenvalue weighted by Gasteiger charge is 2.46. The summed E-state index contributed by atoms with van der Waals surface area (Å²) in [4.78, 5) is 2.33. The Kier molecular flexibility index (Phi) is 5.17. The van der Waals surface area contributed by atoms with Gasteiger partial charge in [0.05, 0.1) is 13.2 Å². The molecule has 1 aliphatic rings. The van der Waals surface area contributed by atoms with Gasteiger partial charge in [0.2, 0.25) is 0 Å². The lowest BCUT2D eigenvalue weighted by molar-refractivity contribution is 0.0493. The van der Waals surface area contributed by atoms with E-state index in [1.165, 1.54) is 5.56 Å². The third kappa shape index (κ3) is 3.50. The first-order valence-corrected chi connectivity index (χ1v) is 8.69. The summed E-state index contributed by atoms with van der Waals surface area (Å²) in [7, 11) is 0. The van der Waals surface area contributed by atoms with Gasteiger partial charge < -0.3 is 10.2 Å². The van der Waals surface area contributed by atoms with Gasteiger partial charge in [0.25, 0.3) is 0 Å². The van der Waals surface area contributed by atoms with Crippen LogP contribution in [0.5, 0.6) is 0 Å². The van der Waals surface area contributed by atoms with Crippen molar-refractivity contribution in [3.05, 3.63) is 70.2 Å². The van der Waals surface area contributed by atoms with Crippen molar-refractivity contribution < 1.29 is 10.2 Å². The van der Waals surface area contributed by atoms with E-state index in [4.69, 9.17) is 0 Å². The Balaban J connectivity index is 1.85. The van der Waals surface area contributed by atoms with Crippen molar-refractivity contribution >= 4 is 15.9 Å². The van der Waals surface area contributed by atoms with E-state index in [2.05, 4.69) is 45.1 Å². The van der Waals surface area contributed by atoms with Crippen molar-refractivity contribution in [2.24, 2.45) is 5.41 Å². The fourth-order valence-electron chi connectivity index (χ4n) is 3.59. The van der Waals surface area contributed by atoms with Crippen LogP contribution in [0.15, 0.2) is 59.1 Å². The monoisotopic (exact) mass is 375 g/mol. The zero-order chi connectivity index (χ0) is 16.3. The summed E-state index contributed by atoms with van der Waals surface area (Å²) in [6, 6.07) is 18.5. The highest BCUT2D eigenvalue weighted by Crippen LogP contribution is 2.43. The number of aliphatic hydroxyl groups excluding tert-OH is 2. The van der Waals surface area contributed by atoms with Crippen LogP contribution in [0, 0.1) is 5.41 Å². The van der Waals surface area contributed by atoms with Gasteiger partial charge >= 0.3 is 0 Å². The number of likely N-dealkylation sites (tertiary alicyclic amines) is 1. The molecule has 1 unspecified atom stereocenters. The second-order valence-electron chi connectivity index (χ2n) is 6.44. The zero-order valence-electron chi connectivity index (χ0n) is 13.0. The molecule has 0 amide bonds. The van der Waals surface area contributed by atoms with Crippen LogP contribution in [-0.2, 0) is 6.54 Å². The summed E-state index contributed by atoms with van der Waals surface area (Å²) in [5, 5.41) is 20.0. The van der Waals surface area contributed by atoms with Crippen LogP contribution in [0.4, 0.5) is 0 Å². The first-order valence-electron chi connectivity index (χ1n) is 7.90. The molecule has 23 heavy (non-hydrogen) atoms. The molecule has 0 saturated carbocycles. The van der Waals surface area contributed by atoms with Gasteiger partial charge in [-0.25, -0.2) is 0 Å². The molecule has 0 aromatic heterocycles. The number of halogens is 1. The number of benzene rings is 2. The summed E-state index contributed by atoms with van der Waals surface area (Å²) in [6.07, 6.45) is 0. The minimum atomic E-state index is -0.491. The number of nitrogens with zero attached hydrogens (tertiary/aromatic N) is 1. The molecule has 2 N–H and O–H groups in total. The van der Waals surface area contributed by atoms with Crippen molar-refractivity contribution in [2.45, 2.75) is 12.5 Å². The zero-order valence-corrected chi connectivity index (χ0v) is 14.6. The Labute approximate surface area is 145 Å². The Bertz CT molecular complexity index is 643. The van der Waals surface area contributed by atoms with E-state index in [0.29, 0.717) is 6.54 Å². The number of hydrogen-bond acceptors (Lipinski definition) is 3. The van der Waals surface area contributed by atoms with E-state index >= 15 is 0 Å². The van der Waals surface area contributed by atoms with Gasteiger partial charge in [-0.3, -0.25) is 4.90 Å². The molecule has 0 radical (unpaired) electrons. The van der Waals surface area contributed by atoms with Crippen LogP contribution in [0.2, 0.25) is 0 Å². The maximum atomic E-state index is 10.0. The van der Waals surface area contributed by atoms with E-state index in [1.54, 1.807) is 0 Å². The lowest BCUT2D eigenvalue weighted by atomic mass is 9.76. The predicted molar refractivity (Wildman–Crippen MR) is 95.2 cm³/mol. The molecule has 3 rings (SSSR count). The van der Waals surface area contributed by atoms with Crippen LogP contribution in [0.25, 0.3) is 0 Å². The average molecular weight is 376 g/mol. The van der Waals surface area contributed by atoms with Crippen molar-refractivity contribution in [1.29, 1.82) is 0 Å². The molecule has 0 spiro atoms. The normalized spacial score (nSPS) is 20.7. The summed E-state index contributed by atoms with van der Waals surface area (Å²) in [5.74, 6) is 0.124. The van der Waals surface area contributed by atoms with E-state index in [-0.39, 0.29) is 19.1 Å². The molecule has 2 aromatic carbocycles. The van der Waals surface area contributed by atoms with Gasteiger partial charge in [-0.1, -0.05) is 58.4 Å². The van der Waals surface area contributed by atoms with Gasteiger partial charge in [-0.2, -0.15) is 0 Å². The molecule has 1 atom stereocenters. The molecule has 2 aromatic rings. The van der Waals surface area contributed by atoms with Gasteiger partial charge in [0.1, 0.15) is 0 Å². The van der Waals surface area contributed by atoms with Crippen molar-refractivity contribution in [3.63, 3.8) is 0 Å². The topological polar surface area (TPSA) is 43.7 Å². The minimum absolute atomic E-state index is 0.00797. The summed E-state index contributed by atoms with van der Waals surface area (Å²) >= 11 is 3.52. The molecule has 122 valence electrons. The third-order valence-electron chi connectivity index (χ3n) is 4.85. The quantitative estimate of drug-likeness (QED) is 0.843. The van der Waals surface area contributed by atoms with E-state index < -0.39 is 5.41 Å². The summed E-state index contributed by atoms with van der Waals surface area (Å²) < 4.78 is 1.03. The molecule has 0 aliphatic carbocycles. The first-order chi connectivity index (χ1) is 11.2. The first kappa shape index (κ1) is 16.7. The molecular weight excluding hydrogens is 354 g/mol. The molecule has 0 bridgehead atoms. The lowest BCUT2D eigenvalue weighted by Crippen LogP contribution is -2.37. The number of rotatable bonds is 5. The highest BCUT2D eigenvalue weighted by atomic mass is 79.9. The van der Waals surface area contributed by atoms with Crippen LogP contribution in [0.3, 0.4) is 0 Å². The maximum absolute atomic E-state index is 10.0. The molecule has 4 heteroatoms. The maximum Gasteiger partial charge on any atom is 0.0528 e. The van der Waals surface area contributed by atoms with Crippen LogP contribution < -0.4 is 0 Å². The van der Waals surface area contributed by atoms with Gasteiger partial charge in [0.15, 0.2) is 0 Å². The smallest absolute Gasteiger partial charge is 0.0528 e. The Hall–Kier alpha value is -1.20. The average Bonchev–Trinajstić information content (AvgIpc) is 2.95. The largest absolute Gasteiger partial charge is 0.396 e. The minimum Gasteiger partial charge on any atom is -0.396 e. The van der Waals surface area contributed by atoms with Crippen LogP contribution >= 0.6 is 15.9 Å². The number of aliphatic hydroxyl groups is 2.